The zero-order chi connectivity index (χ0) is 17.0. The first-order valence-electron chi connectivity index (χ1n) is 6.67. The first-order valence-corrected chi connectivity index (χ1v) is 6.67. The van der Waals surface area contributed by atoms with Gasteiger partial charge in [-0.25, -0.2) is 4.39 Å². The van der Waals surface area contributed by atoms with E-state index < -0.39 is 18.0 Å². The van der Waals surface area contributed by atoms with Crippen molar-refractivity contribution in [2.75, 3.05) is 0 Å². The van der Waals surface area contributed by atoms with E-state index in [0.29, 0.717) is 5.56 Å². The van der Waals surface area contributed by atoms with E-state index in [1.165, 1.54) is 24.3 Å². The molecule has 0 fully saturated rings. The second-order valence-corrected chi connectivity index (χ2v) is 4.82. The molecule has 0 radical (unpaired) electrons. The summed E-state index contributed by atoms with van der Waals surface area (Å²) in [5, 5.41) is 2.68. The monoisotopic (exact) mass is 327 g/mol. The molecule has 3 nitrogen and oxygen atoms in total. The summed E-state index contributed by atoms with van der Waals surface area (Å²) in [4.78, 5) is 12.0. The molecule has 23 heavy (non-hydrogen) atoms. The van der Waals surface area contributed by atoms with Crippen molar-refractivity contribution in [3.05, 3.63) is 65.5 Å². The fourth-order valence-electron chi connectivity index (χ4n) is 1.92. The van der Waals surface area contributed by atoms with E-state index in [1.807, 2.05) is 0 Å². The normalized spacial score (nSPS) is 12.6. The molecule has 7 heteroatoms. The van der Waals surface area contributed by atoms with E-state index in [2.05, 4.69) is 10.1 Å². The Kier molecular flexibility index (Phi) is 4.88. The maximum absolute atomic E-state index is 12.9. The van der Waals surface area contributed by atoms with Crippen LogP contribution in [0.1, 0.15) is 28.9 Å². The quantitative estimate of drug-likeness (QED) is 0.854. The Balaban J connectivity index is 2.01. The lowest BCUT2D eigenvalue weighted by atomic mass is 10.1. The van der Waals surface area contributed by atoms with Crippen LogP contribution in [0.2, 0.25) is 0 Å². The summed E-state index contributed by atoms with van der Waals surface area (Å²) in [6.07, 6.45) is -4.78. The number of halogens is 4. The molecule has 122 valence electrons. The minimum atomic E-state index is -4.78. The second kappa shape index (κ2) is 6.68. The molecule has 1 N–H and O–H groups in total. The van der Waals surface area contributed by atoms with Gasteiger partial charge in [0.05, 0.1) is 6.04 Å². The van der Waals surface area contributed by atoms with Crippen molar-refractivity contribution in [1.82, 2.24) is 5.32 Å². The maximum Gasteiger partial charge on any atom is 0.573 e. The summed E-state index contributed by atoms with van der Waals surface area (Å²) in [6, 6.07) is 9.84. The maximum atomic E-state index is 12.9. The number of ether oxygens (including phenoxy) is 1. The number of carbonyl (C=O) groups is 1. The number of benzene rings is 2. The van der Waals surface area contributed by atoms with Crippen molar-refractivity contribution in [1.29, 1.82) is 0 Å². The van der Waals surface area contributed by atoms with E-state index in [0.717, 1.165) is 12.1 Å². The van der Waals surface area contributed by atoms with Crippen molar-refractivity contribution in [3.63, 3.8) is 0 Å². The first kappa shape index (κ1) is 16.8. The fourth-order valence-corrected chi connectivity index (χ4v) is 1.92. The van der Waals surface area contributed by atoms with Gasteiger partial charge in [0, 0.05) is 5.56 Å². The van der Waals surface area contributed by atoms with Crippen LogP contribution in [0.5, 0.6) is 5.75 Å². The van der Waals surface area contributed by atoms with E-state index in [9.17, 15) is 22.4 Å². The molecular weight excluding hydrogens is 314 g/mol. The minimum Gasteiger partial charge on any atom is -0.406 e. The van der Waals surface area contributed by atoms with Crippen LogP contribution in [-0.2, 0) is 0 Å². The van der Waals surface area contributed by atoms with Gasteiger partial charge in [0.25, 0.3) is 5.91 Å². The molecule has 0 aromatic heterocycles. The molecule has 0 unspecified atom stereocenters. The van der Waals surface area contributed by atoms with Gasteiger partial charge in [-0.15, -0.1) is 13.2 Å². The van der Waals surface area contributed by atoms with Crippen molar-refractivity contribution < 1.29 is 27.1 Å². The van der Waals surface area contributed by atoms with E-state index in [4.69, 9.17) is 0 Å². The Morgan fingerprint density at radius 2 is 1.61 bits per heavy atom. The van der Waals surface area contributed by atoms with Crippen LogP contribution in [0.25, 0.3) is 0 Å². The highest BCUT2D eigenvalue weighted by molar-refractivity contribution is 5.94. The van der Waals surface area contributed by atoms with Gasteiger partial charge in [-0.05, 0) is 48.9 Å². The third kappa shape index (κ3) is 4.98. The summed E-state index contributed by atoms with van der Waals surface area (Å²) >= 11 is 0. The van der Waals surface area contributed by atoms with Crippen LogP contribution >= 0.6 is 0 Å². The summed E-state index contributed by atoms with van der Waals surface area (Å²) in [6.45, 7) is 1.71. The third-order valence-corrected chi connectivity index (χ3v) is 3.07. The number of amides is 1. The molecule has 2 aromatic carbocycles. The number of alkyl halides is 3. The Labute approximate surface area is 129 Å². The van der Waals surface area contributed by atoms with Crippen molar-refractivity contribution in [3.8, 4) is 5.75 Å². The lowest BCUT2D eigenvalue weighted by Crippen LogP contribution is -2.26. The summed E-state index contributed by atoms with van der Waals surface area (Å²) < 4.78 is 52.8. The van der Waals surface area contributed by atoms with Gasteiger partial charge in [0.1, 0.15) is 11.6 Å². The minimum absolute atomic E-state index is 0.188. The first-order chi connectivity index (χ1) is 10.7. The molecule has 2 rings (SSSR count). The number of rotatable bonds is 4. The van der Waals surface area contributed by atoms with Gasteiger partial charge in [-0.2, -0.15) is 0 Å². The van der Waals surface area contributed by atoms with E-state index in [-0.39, 0.29) is 17.4 Å². The standard InChI is InChI=1S/C16H13F4NO2/c1-10(11-2-6-13(17)7-3-11)21-15(22)12-4-8-14(9-5-12)23-16(18,19)20/h2-10H,1H3,(H,21,22)/t10-/m0/s1. The smallest absolute Gasteiger partial charge is 0.406 e. The van der Waals surface area contributed by atoms with Crippen molar-refractivity contribution in [2.24, 2.45) is 0 Å². The second-order valence-electron chi connectivity index (χ2n) is 4.82. The number of hydrogen-bond acceptors (Lipinski definition) is 2. The predicted octanol–water partition coefficient (Wildman–Crippen LogP) is 4.22. The molecule has 0 aliphatic rings. The molecule has 0 aliphatic carbocycles. The molecule has 1 amide bonds. The SMILES string of the molecule is C[C@H](NC(=O)c1ccc(OC(F)(F)F)cc1)c1ccc(F)cc1. The van der Waals surface area contributed by atoms with Gasteiger partial charge in [-0.3, -0.25) is 4.79 Å². The summed E-state index contributed by atoms with van der Waals surface area (Å²) in [5.41, 5.74) is 0.894. The van der Waals surface area contributed by atoms with Crippen LogP contribution in [0, 0.1) is 5.82 Å². The topological polar surface area (TPSA) is 38.3 Å². The Morgan fingerprint density at radius 3 is 2.13 bits per heavy atom. The largest absolute Gasteiger partial charge is 0.573 e. The lowest BCUT2D eigenvalue weighted by molar-refractivity contribution is -0.274. The number of carbonyl (C=O) groups excluding carboxylic acids is 1. The molecule has 0 spiro atoms. The predicted molar refractivity (Wildman–Crippen MR) is 75.4 cm³/mol. The molecule has 0 saturated heterocycles. The average Bonchev–Trinajstić information content (AvgIpc) is 2.46. The highest BCUT2D eigenvalue weighted by Crippen LogP contribution is 2.23. The van der Waals surface area contributed by atoms with Crippen LogP contribution in [0.15, 0.2) is 48.5 Å². The zero-order valence-electron chi connectivity index (χ0n) is 12.0. The fraction of sp³-hybridized carbons (Fsp3) is 0.188. The van der Waals surface area contributed by atoms with Crippen molar-refractivity contribution in [2.45, 2.75) is 19.3 Å². The molecular formula is C16H13F4NO2. The van der Waals surface area contributed by atoms with Gasteiger partial charge in [-0.1, -0.05) is 12.1 Å². The zero-order valence-corrected chi connectivity index (χ0v) is 12.0. The van der Waals surface area contributed by atoms with Gasteiger partial charge >= 0.3 is 6.36 Å². The lowest BCUT2D eigenvalue weighted by Gasteiger charge is -2.15. The van der Waals surface area contributed by atoms with Crippen LogP contribution in [0.3, 0.4) is 0 Å². The molecule has 0 bridgehead atoms. The van der Waals surface area contributed by atoms with E-state index >= 15 is 0 Å². The Bertz CT molecular complexity index is 666. The summed E-state index contributed by atoms with van der Waals surface area (Å²) in [5.74, 6) is -1.24. The number of nitrogens with one attached hydrogen (secondary N) is 1. The van der Waals surface area contributed by atoms with Crippen LogP contribution in [-0.4, -0.2) is 12.3 Å². The molecule has 1 atom stereocenters. The highest BCUT2D eigenvalue weighted by Gasteiger charge is 2.31. The Morgan fingerprint density at radius 1 is 1.04 bits per heavy atom. The van der Waals surface area contributed by atoms with Gasteiger partial charge in [0.15, 0.2) is 0 Å². The molecule has 0 aliphatic heterocycles. The van der Waals surface area contributed by atoms with Gasteiger partial charge < -0.3 is 10.1 Å². The number of hydrogen-bond donors (Lipinski definition) is 1. The summed E-state index contributed by atoms with van der Waals surface area (Å²) in [7, 11) is 0. The molecule has 0 saturated carbocycles. The Hall–Kier alpha value is -2.57. The van der Waals surface area contributed by atoms with Gasteiger partial charge in [0.2, 0.25) is 0 Å². The van der Waals surface area contributed by atoms with E-state index in [1.54, 1.807) is 19.1 Å². The molecule has 2 aromatic rings. The molecule has 0 heterocycles. The average molecular weight is 327 g/mol. The third-order valence-electron chi connectivity index (χ3n) is 3.07. The van der Waals surface area contributed by atoms with Crippen LogP contribution in [0.4, 0.5) is 17.6 Å². The van der Waals surface area contributed by atoms with Crippen molar-refractivity contribution >= 4 is 5.91 Å². The highest BCUT2D eigenvalue weighted by atomic mass is 19.4. The van der Waals surface area contributed by atoms with Crippen LogP contribution < -0.4 is 10.1 Å².